The van der Waals surface area contributed by atoms with Crippen molar-refractivity contribution in [2.75, 3.05) is 18.4 Å². The summed E-state index contributed by atoms with van der Waals surface area (Å²) < 4.78 is 37.5. The number of nitrogens with zero attached hydrogens (tertiary/aromatic N) is 3. The van der Waals surface area contributed by atoms with Crippen LogP contribution in [0.25, 0.3) is 11.4 Å². The van der Waals surface area contributed by atoms with Crippen molar-refractivity contribution in [1.82, 2.24) is 14.4 Å². The highest BCUT2D eigenvalue weighted by Gasteiger charge is 2.29. The van der Waals surface area contributed by atoms with Crippen LogP contribution in [0.2, 0.25) is 0 Å². The first kappa shape index (κ1) is 22.2. The Morgan fingerprint density at radius 1 is 1.03 bits per heavy atom. The first-order chi connectivity index (χ1) is 15.1. The lowest BCUT2D eigenvalue weighted by molar-refractivity contribution is 0.0991. The average molecular weight is 459 g/mol. The fourth-order valence-corrected chi connectivity index (χ4v) is 4.78. The van der Waals surface area contributed by atoms with Crippen LogP contribution in [-0.4, -0.2) is 41.9 Å². The van der Waals surface area contributed by atoms with Gasteiger partial charge >= 0.3 is 0 Å². The summed E-state index contributed by atoms with van der Waals surface area (Å²) in [7, 11) is -3.73. The number of furan rings is 1. The molecular weight excluding hydrogens is 432 g/mol. The molecule has 1 aliphatic rings. The number of benzene rings is 1. The number of sulfonamides is 1. The summed E-state index contributed by atoms with van der Waals surface area (Å²) in [6, 6.07) is 9.63. The van der Waals surface area contributed by atoms with Gasteiger partial charge in [-0.15, -0.1) is 0 Å². The minimum atomic E-state index is -3.73. The molecule has 0 atom stereocenters. The average Bonchev–Trinajstić information content (AvgIpc) is 3.45. The van der Waals surface area contributed by atoms with E-state index >= 15 is 0 Å². The molecule has 1 aromatic carbocycles. The maximum absolute atomic E-state index is 12.7. The number of hydrogen-bond acceptors (Lipinski definition) is 7. The van der Waals surface area contributed by atoms with E-state index in [4.69, 9.17) is 8.94 Å². The van der Waals surface area contributed by atoms with E-state index in [0.717, 1.165) is 24.8 Å². The molecule has 0 saturated carbocycles. The standard InChI is InChI=1S/C22H26N4O5S/c1-22(2,3)21-24-19(25-31-21)15-7-9-16(10-8-15)23-20(27)17-11-12-18(30-17)32(28,29)26-13-5-4-6-14-26/h7-12H,4-6,13-14H2,1-3H3,(H,23,27). The summed E-state index contributed by atoms with van der Waals surface area (Å²) in [5.41, 5.74) is 1.02. The Kier molecular flexibility index (Phi) is 5.91. The Labute approximate surface area is 186 Å². The maximum Gasteiger partial charge on any atom is 0.291 e. The molecule has 9 nitrogen and oxygen atoms in total. The van der Waals surface area contributed by atoms with E-state index in [9.17, 15) is 13.2 Å². The van der Waals surface area contributed by atoms with Gasteiger partial charge in [0.1, 0.15) is 0 Å². The fraction of sp³-hybridized carbons (Fsp3) is 0.409. The van der Waals surface area contributed by atoms with Crippen molar-refractivity contribution in [3.05, 3.63) is 48.0 Å². The van der Waals surface area contributed by atoms with Crippen molar-refractivity contribution in [2.24, 2.45) is 0 Å². The van der Waals surface area contributed by atoms with Crippen LogP contribution in [0, 0.1) is 0 Å². The Balaban J connectivity index is 1.44. The Morgan fingerprint density at radius 3 is 2.34 bits per heavy atom. The number of anilines is 1. The molecule has 0 bridgehead atoms. The monoisotopic (exact) mass is 458 g/mol. The van der Waals surface area contributed by atoms with Gasteiger partial charge in [-0.3, -0.25) is 4.79 Å². The highest BCUT2D eigenvalue weighted by molar-refractivity contribution is 7.89. The van der Waals surface area contributed by atoms with Gasteiger partial charge in [0.2, 0.25) is 16.8 Å². The number of amides is 1. The first-order valence-corrected chi connectivity index (χ1v) is 11.9. The SMILES string of the molecule is CC(C)(C)c1nc(-c2ccc(NC(=O)c3ccc(S(=O)(=O)N4CCCCC4)o3)cc2)no1. The zero-order chi connectivity index (χ0) is 22.9. The molecule has 1 aliphatic heterocycles. The predicted octanol–water partition coefficient (Wildman–Crippen LogP) is 4.05. The second-order valence-corrected chi connectivity index (χ2v) is 10.7. The van der Waals surface area contributed by atoms with Crippen LogP contribution in [-0.2, 0) is 15.4 Å². The second kappa shape index (κ2) is 8.51. The van der Waals surface area contributed by atoms with Crippen LogP contribution in [0.3, 0.4) is 0 Å². The molecule has 3 aromatic rings. The van der Waals surface area contributed by atoms with E-state index in [0.29, 0.717) is 30.5 Å². The van der Waals surface area contributed by atoms with Crippen molar-refractivity contribution in [2.45, 2.75) is 50.5 Å². The third kappa shape index (κ3) is 4.61. The van der Waals surface area contributed by atoms with E-state index in [1.165, 1.54) is 16.4 Å². The molecule has 170 valence electrons. The Bertz CT molecular complexity index is 1200. The van der Waals surface area contributed by atoms with Crippen LogP contribution < -0.4 is 5.32 Å². The zero-order valence-corrected chi connectivity index (χ0v) is 19.1. The van der Waals surface area contributed by atoms with Gasteiger partial charge < -0.3 is 14.3 Å². The van der Waals surface area contributed by atoms with Crippen LogP contribution in [0.15, 0.2) is 50.4 Å². The van der Waals surface area contributed by atoms with Gasteiger partial charge in [0.05, 0.1) is 0 Å². The molecule has 0 spiro atoms. The fourth-order valence-electron chi connectivity index (χ4n) is 3.35. The van der Waals surface area contributed by atoms with E-state index in [2.05, 4.69) is 15.5 Å². The number of hydrogen-bond donors (Lipinski definition) is 1. The van der Waals surface area contributed by atoms with E-state index in [1.807, 2.05) is 20.8 Å². The summed E-state index contributed by atoms with van der Waals surface area (Å²) in [6.07, 6.45) is 2.66. The number of rotatable bonds is 5. The normalized spacial score (nSPS) is 15.6. The van der Waals surface area contributed by atoms with Gasteiger partial charge in [-0.05, 0) is 49.2 Å². The molecule has 2 aromatic heterocycles. The van der Waals surface area contributed by atoms with Crippen molar-refractivity contribution >= 4 is 21.6 Å². The molecule has 3 heterocycles. The number of carbonyl (C=O) groups is 1. The molecular formula is C22H26N4O5S. The molecule has 32 heavy (non-hydrogen) atoms. The van der Waals surface area contributed by atoms with Crippen LogP contribution in [0.4, 0.5) is 5.69 Å². The summed E-state index contributed by atoms with van der Waals surface area (Å²) in [5.74, 6) is 0.398. The quantitative estimate of drug-likeness (QED) is 0.612. The summed E-state index contributed by atoms with van der Waals surface area (Å²) in [4.78, 5) is 17.0. The maximum atomic E-state index is 12.7. The molecule has 1 fully saturated rings. The molecule has 0 unspecified atom stereocenters. The van der Waals surface area contributed by atoms with Gasteiger partial charge in [-0.2, -0.15) is 9.29 Å². The number of aromatic nitrogens is 2. The summed E-state index contributed by atoms with van der Waals surface area (Å²) in [5, 5.41) is 6.50. The van der Waals surface area contributed by atoms with Gasteiger partial charge in [0.25, 0.3) is 15.9 Å². The summed E-state index contributed by atoms with van der Waals surface area (Å²) in [6.45, 7) is 6.89. The van der Waals surface area contributed by atoms with Crippen molar-refractivity contribution in [3.8, 4) is 11.4 Å². The Hall–Kier alpha value is -2.98. The van der Waals surface area contributed by atoms with Crippen LogP contribution >= 0.6 is 0 Å². The highest BCUT2D eigenvalue weighted by atomic mass is 32.2. The van der Waals surface area contributed by atoms with Crippen molar-refractivity contribution in [3.63, 3.8) is 0 Å². The minimum Gasteiger partial charge on any atom is -0.438 e. The van der Waals surface area contributed by atoms with Crippen molar-refractivity contribution in [1.29, 1.82) is 0 Å². The second-order valence-electron chi connectivity index (χ2n) is 8.79. The molecule has 4 rings (SSSR count). The number of carbonyl (C=O) groups excluding carboxylic acids is 1. The third-order valence-corrected chi connectivity index (χ3v) is 6.96. The van der Waals surface area contributed by atoms with E-state index < -0.39 is 15.9 Å². The molecule has 10 heteroatoms. The first-order valence-electron chi connectivity index (χ1n) is 10.5. The smallest absolute Gasteiger partial charge is 0.291 e. The molecule has 1 amide bonds. The van der Waals surface area contributed by atoms with Gasteiger partial charge in [-0.1, -0.05) is 32.3 Å². The lowest BCUT2D eigenvalue weighted by atomic mass is 9.97. The Morgan fingerprint density at radius 2 is 1.72 bits per heavy atom. The predicted molar refractivity (Wildman–Crippen MR) is 118 cm³/mol. The zero-order valence-electron chi connectivity index (χ0n) is 18.3. The third-order valence-electron chi connectivity index (χ3n) is 5.18. The lowest BCUT2D eigenvalue weighted by Gasteiger charge is -2.24. The van der Waals surface area contributed by atoms with Gasteiger partial charge in [0, 0.05) is 29.8 Å². The van der Waals surface area contributed by atoms with Crippen LogP contribution in [0.1, 0.15) is 56.5 Å². The minimum absolute atomic E-state index is 0.0716. The van der Waals surface area contributed by atoms with Crippen molar-refractivity contribution < 1.29 is 22.2 Å². The summed E-state index contributed by atoms with van der Waals surface area (Å²) >= 11 is 0. The molecule has 0 radical (unpaired) electrons. The van der Waals surface area contributed by atoms with Crippen LogP contribution in [0.5, 0.6) is 0 Å². The largest absolute Gasteiger partial charge is 0.438 e. The van der Waals surface area contributed by atoms with E-state index in [1.54, 1.807) is 24.3 Å². The lowest BCUT2D eigenvalue weighted by Crippen LogP contribution is -2.35. The highest BCUT2D eigenvalue weighted by Crippen LogP contribution is 2.26. The topological polar surface area (TPSA) is 119 Å². The van der Waals surface area contributed by atoms with Gasteiger partial charge in [0.15, 0.2) is 5.76 Å². The number of piperidine rings is 1. The van der Waals surface area contributed by atoms with Gasteiger partial charge in [-0.25, -0.2) is 8.42 Å². The molecule has 0 aliphatic carbocycles. The van der Waals surface area contributed by atoms with E-state index in [-0.39, 0.29) is 16.3 Å². The molecule has 1 N–H and O–H groups in total. The number of nitrogens with one attached hydrogen (secondary N) is 1. The molecule has 1 saturated heterocycles.